The van der Waals surface area contributed by atoms with E-state index in [0.717, 1.165) is 11.8 Å². The number of aromatic nitrogens is 3. The molecule has 6 nitrogen and oxygen atoms in total. The third kappa shape index (κ3) is 3.42. The number of alkyl halides is 3. The van der Waals surface area contributed by atoms with E-state index in [0.29, 0.717) is 5.82 Å². The van der Waals surface area contributed by atoms with Crippen molar-refractivity contribution >= 4 is 17.3 Å². The first-order chi connectivity index (χ1) is 11.1. The summed E-state index contributed by atoms with van der Waals surface area (Å²) in [6.45, 7) is 5.19. The molecule has 2 N–H and O–H groups in total. The Morgan fingerprint density at radius 1 is 1.29 bits per heavy atom. The number of nitrogens with one attached hydrogen (secondary N) is 2. The highest BCUT2D eigenvalue weighted by molar-refractivity contribution is 5.63. The van der Waals surface area contributed by atoms with Gasteiger partial charge >= 0.3 is 6.18 Å². The summed E-state index contributed by atoms with van der Waals surface area (Å²) in [6, 6.07) is 3.39. The van der Waals surface area contributed by atoms with Crippen LogP contribution in [-0.4, -0.2) is 21.8 Å². The van der Waals surface area contributed by atoms with Gasteiger partial charge < -0.3 is 10.6 Å². The standard InChI is InChI=1S/C15H17F3N6/c1-9-7-24(14(2,3)8-19)23-13(9)22-12-5-11(20-4)10(6-21-12)15(16,17)18/h5-7H,1-4H3,(H2,20,21,22,23). The van der Waals surface area contributed by atoms with Gasteiger partial charge in [-0.3, -0.25) is 4.68 Å². The second-order valence-electron chi connectivity index (χ2n) is 5.76. The second-order valence-corrected chi connectivity index (χ2v) is 5.76. The Hall–Kier alpha value is -2.76. The molecule has 0 amide bonds. The van der Waals surface area contributed by atoms with E-state index in [-0.39, 0.29) is 11.5 Å². The Balaban J connectivity index is 2.35. The Bertz CT molecular complexity index is 785. The molecule has 9 heteroatoms. The van der Waals surface area contributed by atoms with Crippen molar-refractivity contribution in [1.29, 1.82) is 5.26 Å². The number of pyridine rings is 1. The zero-order chi connectivity index (χ0) is 18.1. The molecule has 0 aliphatic rings. The minimum absolute atomic E-state index is 0.0885. The second kappa shape index (κ2) is 6.03. The molecule has 2 heterocycles. The first-order valence-electron chi connectivity index (χ1n) is 7.08. The van der Waals surface area contributed by atoms with Crippen molar-refractivity contribution in [1.82, 2.24) is 14.8 Å². The van der Waals surface area contributed by atoms with Gasteiger partial charge in [-0.15, -0.1) is 0 Å². The normalized spacial score (nSPS) is 11.9. The molecular weight excluding hydrogens is 321 g/mol. The molecule has 0 saturated carbocycles. The van der Waals surface area contributed by atoms with Crippen LogP contribution < -0.4 is 10.6 Å². The molecule has 0 unspecified atom stereocenters. The van der Waals surface area contributed by atoms with E-state index in [9.17, 15) is 13.2 Å². The molecular formula is C15H17F3N6. The van der Waals surface area contributed by atoms with E-state index in [2.05, 4.69) is 26.8 Å². The summed E-state index contributed by atoms with van der Waals surface area (Å²) in [7, 11) is 1.41. The molecule has 0 saturated heterocycles. The summed E-state index contributed by atoms with van der Waals surface area (Å²) in [5.41, 5.74) is -1.03. The molecule has 0 atom stereocenters. The lowest BCUT2D eigenvalue weighted by molar-refractivity contribution is -0.137. The van der Waals surface area contributed by atoms with Crippen molar-refractivity contribution in [2.45, 2.75) is 32.5 Å². The minimum atomic E-state index is -4.49. The van der Waals surface area contributed by atoms with Crippen LogP contribution in [0.4, 0.5) is 30.5 Å². The van der Waals surface area contributed by atoms with Crippen LogP contribution in [0, 0.1) is 18.3 Å². The minimum Gasteiger partial charge on any atom is -0.387 e. The van der Waals surface area contributed by atoms with Gasteiger partial charge in [-0.25, -0.2) is 4.98 Å². The van der Waals surface area contributed by atoms with Crippen LogP contribution in [0.2, 0.25) is 0 Å². The van der Waals surface area contributed by atoms with Crippen molar-refractivity contribution < 1.29 is 13.2 Å². The molecule has 2 rings (SSSR count). The monoisotopic (exact) mass is 338 g/mol. The number of rotatable bonds is 4. The van der Waals surface area contributed by atoms with Crippen molar-refractivity contribution in [3.05, 3.63) is 29.6 Å². The summed E-state index contributed by atoms with van der Waals surface area (Å²) in [5.74, 6) is 0.642. The number of halogens is 3. The lowest BCUT2D eigenvalue weighted by Gasteiger charge is -2.15. The predicted octanol–water partition coefficient (Wildman–Crippen LogP) is 3.65. The molecule has 2 aromatic rings. The summed E-state index contributed by atoms with van der Waals surface area (Å²) in [5, 5.41) is 18.8. The number of aryl methyl sites for hydroxylation is 1. The summed E-state index contributed by atoms with van der Waals surface area (Å²) < 4.78 is 40.1. The van der Waals surface area contributed by atoms with Gasteiger partial charge in [0.05, 0.1) is 17.3 Å². The Morgan fingerprint density at radius 3 is 2.50 bits per heavy atom. The molecule has 0 spiro atoms. The predicted molar refractivity (Wildman–Crippen MR) is 84.0 cm³/mol. The fourth-order valence-corrected chi connectivity index (χ4v) is 2.00. The SMILES string of the molecule is CNc1cc(Nc2nn(C(C)(C)C#N)cc2C)ncc1C(F)(F)F. The molecule has 2 aromatic heterocycles. The van der Waals surface area contributed by atoms with E-state index < -0.39 is 17.3 Å². The number of hydrogen-bond acceptors (Lipinski definition) is 5. The highest BCUT2D eigenvalue weighted by Gasteiger charge is 2.34. The van der Waals surface area contributed by atoms with E-state index in [1.54, 1.807) is 27.0 Å². The van der Waals surface area contributed by atoms with Gasteiger partial charge in [-0.1, -0.05) is 0 Å². The number of anilines is 3. The van der Waals surface area contributed by atoms with Crippen LogP contribution in [0.25, 0.3) is 0 Å². The van der Waals surface area contributed by atoms with Crippen molar-refractivity contribution in [3.8, 4) is 6.07 Å². The summed E-state index contributed by atoms with van der Waals surface area (Å²) >= 11 is 0. The molecule has 128 valence electrons. The zero-order valence-corrected chi connectivity index (χ0v) is 13.7. The van der Waals surface area contributed by atoms with Crippen LogP contribution in [0.3, 0.4) is 0 Å². The fourth-order valence-electron chi connectivity index (χ4n) is 2.00. The molecule has 0 aliphatic carbocycles. The van der Waals surface area contributed by atoms with Gasteiger partial charge in [0.15, 0.2) is 5.82 Å². The Labute approximate surface area is 137 Å². The van der Waals surface area contributed by atoms with E-state index >= 15 is 0 Å². The maximum atomic E-state index is 12.9. The summed E-state index contributed by atoms with van der Waals surface area (Å²) in [6.07, 6.45) is -2.04. The average molecular weight is 338 g/mol. The van der Waals surface area contributed by atoms with Crippen molar-refractivity contribution in [2.24, 2.45) is 0 Å². The van der Waals surface area contributed by atoms with Gasteiger partial charge in [0.25, 0.3) is 0 Å². The maximum Gasteiger partial charge on any atom is 0.419 e. The Morgan fingerprint density at radius 2 is 1.96 bits per heavy atom. The van der Waals surface area contributed by atoms with Crippen LogP contribution in [0.1, 0.15) is 25.0 Å². The van der Waals surface area contributed by atoms with Gasteiger partial charge in [0.2, 0.25) is 0 Å². The third-order valence-corrected chi connectivity index (χ3v) is 3.47. The van der Waals surface area contributed by atoms with Gasteiger partial charge in [0, 0.05) is 31.1 Å². The lowest BCUT2D eigenvalue weighted by atomic mass is 10.1. The van der Waals surface area contributed by atoms with E-state index in [4.69, 9.17) is 5.26 Å². The lowest BCUT2D eigenvalue weighted by Crippen LogP contribution is -2.24. The quantitative estimate of drug-likeness (QED) is 0.890. The van der Waals surface area contributed by atoms with Crippen LogP contribution in [0.15, 0.2) is 18.5 Å². The smallest absolute Gasteiger partial charge is 0.387 e. The van der Waals surface area contributed by atoms with E-state index in [1.165, 1.54) is 17.8 Å². The molecule has 0 aromatic carbocycles. The molecule has 0 fully saturated rings. The maximum absolute atomic E-state index is 12.9. The van der Waals surface area contributed by atoms with Crippen molar-refractivity contribution in [2.75, 3.05) is 17.7 Å². The zero-order valence-electron chi connectivity index (χ0n) is 13.7. The molecule has 24 heavy (non-hydrogen) atoms. The van der Waals surface area contributed by atoms with Crippen LogP contribution in [-0.2, 0) is 11.7 Å². The Kier molecular flexibility index (Phi) is 4.42. The van der Waals surface area contributed by atoms with E-state index in [1.807, 2.05) is 0 Å². The number of nitrogens with zero attached hydrogens (tertiary/aromatic N) is 4. The largest absolute Gasteiger partial charge is 0.419 e. The topological polar surface area (TPSA) is 78.6 Å². The first-order valence-corrected chi connectivity index (χ1v) is 7.08. The van der Waals surface area contributed by atoms with Crippen LogP contribution >= 0.6 is 0 Å². The average Bonchev–Trinajstić information content (AvgIpc) is 2.88. The fraction of sp³-hybridized carbons (Fsp3) is 0.400. The third-order valence-electron chi connectivity index (χ3n) is 3.47. The van der Waals surface area contributed by atoms with Crippen molar-refractivity contribution in [3.63, 3.8) is 0 Å². The highest BCUT2D eigenvalue weighted by atomic mass is 19.4. The first kappa shape index (κ1) is 17.6. The van der Waals surface area contributed by atoms with Gasteiger partial charge in [0.1, 0.15) is 11.4 Å². The molecule has 0 radical (unpaired) electrons. The molecule has 0 bridgehead atoms. The van der Waals surface area contributed by atoms with Crippen LogP contribution in [0.5, 0.6) is 0 Å². The highest BCUT2D eigenvalue weighted by Crippen LogP contribution is 2.35. The van der Waals surface area contributed by atoms with Gasteiger partial charge in [-0.2, -0.15) is 23.5 Å². The van der Waals surface area contributed by atoms with Gasteiger partial charge in [-0.05, 0) is 20.8 Å². The number of hydrogen-bond donors (Lipinski definition) is 2. The summed E-state index contributed by atoms with van der Waals surface area (Å²) in [4.78, 5) is 3.80. The number of nitriles is 1. The molecule has 0 aliphatic heterocycles.